The fourth-order valence-electron chi connectivity index (χ4n) is 3.28. The van der Waals surface area contributed by atoms with E-state index in [-0.39, 0.29) is 19.3 Å². The van der Waals surface area contributed by atoms with Gasteiger partial charge in [-0.3, -0.25) is 38.4 Å². The van der Waals surface area contributed by atoms with Crippen molar-refractivity contribution in [2.75, 3.05) is 14.1 Å². The van der Waals surface area contributed by atoms with Gasteiger partial charge in [0.05, 0.1) is 6.04 Å². The first-order chi connectivity index (χ1) is 18.2. The number of carboxylic acids is 4. The average molecular weight is 562 g/mol. The van der Waals surface area contributed by atoms with Gasteiger partial charge in [0.25, 0.3) is 0 Å². The molecule has 4 amide bonds. The third-order valence-electron chi connectivity index (χ3n) is 5.40. The van der Waals surface area contributed by atoms with Gasteiger partial charge in [-0.25, -0.2) is 0 Å². The van der Waals surface area contributed by atoms with Crippen molar-refractivity contribution < 1.29 is 58.8 Å². The molecular formula is C22H35N5O12. The smallest absolute Gasteiger partial charge is 0.303 e. The predicted molar refractivity (Wildman–Crippen MR) is 130 cm³/mol. The largest absolute Gasteiger partial charge is 0.481 e. The van der Waals surface area contributed by atoms with E-state index in [2.05, 4.69) is 26.6 Å². The lowest BCUT2D eigenvalue weighted by molar-refractivity contribution is -0.140. The zero-order valence-electron chi connectivity index (χ0n) is 21.5. The standard InChI is InChI=1S/C22H35N5O12/c1-23-11(3-7-15(28)29)20(37)26-13(5-9-17(32)33)22(39)27-14(6-10-18(34)35)21(38)25-12(19(36)24-2)4-8-16(30)31/h11-14,23H,3-10H2,1-2H3,(H,24,36)(H,25,38)(H,26,37)(H,27,39)(H,28,29)(H,30,31)(H,32,33)(H,34,35). The molecule has 0 aromatic rings. The van der Waals surface area contributed by atoms with Crippen molar-refractivity contribution >= 4 is 47.5 Å². The lowest BCUT2D eigenvalue weighted by Gasteiger charge is -2.25. The van der Waals surface area contributed by atoms with E-state index in [1.165, 1.54) is 14.1 Å². The summed E-state index contributed by atoms with van der Waals surface area (Å²) >= 11 is 0. The van der Waals surface area contributed by atoms with E-state index in [0.717, 1.165) is 0 Å². The minimum Gasteiger partial charge on any atom is -0.481 e. The Kier molecular flexibility index (Phi) is 16.1. The molecule has 0 heterocycles. The second-order valence-electron chi connectivity index (χ2n) is 8.37. The highest BCUT2D eigenvalue weighted by Crippen LogP contribution is 2.07. The first-order valence-corrected chi connectivity index (χ1v) is 11.9. The molecule has 0 saturated heterocycles. The molecule has 0 aromatic heterocycles. The van der Waals surface area contributed by atoms with E-state index in [0.29, 0.717) is 0 Å². The second kappa shape index (κ2) is 18.1. The number of hydrogen-bond donors (Lipinski definition) is 9. The van der Waals surface area contributed by atoms with Crippen LogP contribution in [0.1, 0.15) is 51.4 Å². The van der Waals surface area contributed by atoms with Crippen molar-refractivity contribution in [1.29, 1.82) is 0 Å². The number of nitrogens with one attached hydrogen (secondary N) is 5. The quantitative estimate of drug-likeness (QED) is 0.0729. The van der Waals surface area contributed by atoms with E-state index >= 15 is 0 Å². The molecule has 0 aliphatic carbocycles. The van der Waals surface area contributed by atoms with Gasteiger partial charge in [-0.1, -0.05) is 0 Å². The van der Waals surface area contributed by atoms with Crippen LogP contribution in [-0.2, 0) is 38.4 Å². The zero-order valence-corrected chi connectivity index (χ0v) is 21.5. The summed E-state index contributed by atoms with van der Waals surface area (Å²) in [5.41, 5.74) is 0. The van der Waals surface area contributed by atoms with E-state index in [1.807, 2.05) is 0 Å². The molecule has 9 N–H and O–H groups in total. The van der Waals surface area contributed by atoms with Gasteiger partial charge in [0, 0.05) is 32.7 Å². The Morgan fingerprint density at radius 2 is 0.718 bits per heavy atom. The maximum absolute atomic E-state index is 13.0. The van der Waals surface area contributed by atoms with Crippen LogP contribution in [0.5, 0.6) is 0 Å². The molecule has 17 nitrogen and oxygen atoms in total. The molecule has 4 atom stereocenters. The van der Waals surface area contributed by atoms with E-state index in [4.69, 9.17) is 20.4 Å². The number of carbonyl (C=O) groups excluding carboxylic acids is 4. The molecule has 4 unspecified atom stereocenters. The number of aliphatic carboxylic acids is 4. The van der Waals surface area contributed by atoms with Gasteiger partial charge in [0.2, 0.25) is 23.6 Å². The van der Waals surface area contributed by atoms with Crippen LogP contribution in [-0.4, -0.2) is 106 Å². The SMILES string of the molecule is CNC(=O)C(CCC(=O)O)NC(=O)C(CCC(=O)O)NC(=O)C(CCC(=O)O)NC(=O)C(CCC(=O)O)NC. The number of carboxylic acid groups (broad SMARTS) is 4. The molecule has 0 aliphatic rings. The summed E-state index contributed by atoms with van der Waals surface area (Å²) in [6.45, 7) is 0. The van der Waals surface area contributed by atoms with Gasteiger partial charge < -0.3 is 47.0 Å². The summed E-state index contributed by atoms with van der Waals surface area (Å²) < 4.78 is 0. The number of rotatable bonds is 20. The summed E-state index contributed by atoms with van der Waals surface area (Å²) in [4.78, 5) is 94.5. The van der Waals surface area contributed by atoms with Crippen LogP contribution in [0.15, 0.2) is 0 Å². The van der Waals surface area contributed by atoms with Crippen molar-refractivity contribution in [1.82, 2.24) is 26.6 Å². The fraction of sp³-hybridized carbons (Fsp3) is 0.636. The summed E-state index contributed by atoms with van der Waals surface area (Å²) in [7, 11) is 2.62. The third-order valence-corrected chi connectivity index (χ3v) is 5.40. The summed E-state index contributed by atoms with van der Waals surface area (Å²) in [6, 6.07) is -5.43. The van der Waals surface area contributed by atoms with Crippen molar-refractivity contribution in [2.45, 2.75) is 75.5 Å². The van der Waals surface area contributed by atoms with Gasteiger partial charge in [0.1, 0.15) is 18.1 Å². The highest BCUT2D eigenvalue weighted by atomic mass is 16.4. The fourth-order valence-corrected chi connectivity index (χ4v) is 3.28. The van der Waals surface area contributed by atoms with Gasteiger partial charge in [-0.2, -0.15) is 0 Å². The molecule has 220 valence electrons. The third kappa shape index (κ3) is 14.9. The lowest BCUT2D eigenvalue weighted by atomic mass is 10.0. The molecule has 17 heteroatoms. The monoisotopic (exact) mass is 561 g/mol. The van der Waals surface area contributed by atoms with Crippen molar-refractivity contribution in [3.63, 3.8) is 0 Å². The topological polar surface area (TPSA) is 278 Å². The average Bonchev–Trinajstić information content (AvgIpc) is 2.85. The minimum atomic E-state index is -1.55. The molecule has 0 fully saturated rings. The van der Waals surface area contributed by atoms with Crippen molar-refractivity contribution in [2.24, 2.45) is 0 Å². The lowest BCUT2D eigenvalue weighted by Crippen LogP contribution is -2.58. The molecule has 0 rings (SSSR count). The Labute approximate surface area is 223 Å². The number of carbonyl (C=O) groups is 8. The van der Waals surface area contributed by atoms with Gasteiger partial charge >= 0.3 is 23.9 Å². The van der Waals surface area contributed by atoms with Gasteiger partial charge in [0.15, 0.2) is 0 Å². The minimum absolute atomic E-state index is 0.147. The van der Waals surface area contributed by atoms with Crippen LogP contribution >= 0.6 is 0 Å². The predicted octanol–water partition coefficient (Wildman–Crippen LogP) is -2.77. The summed E-state index contributed by atoms with van der Waals surface area (Å²) in [5.74, 6) is -8.63. The van der Waals surface area contributed by atoms with E-state index < -0.39 is 104 Å². The maximum atomic E-state index is 13.0. The Morgan fingerprint density at radius 3 is 0.974 bits per heavy atom. The van der Waals surface area contributed by atoms with Crippen molar-refractivity contribution in [3.8, 4) is 0 Å². The molecule has 0 spiro atoms. The molecular weight excluding hydrogens is 526 g/mol. The molecule has 0 saturated carbocycles. The van der Waals surface area contributed by atoms with Crippen molar-refractivity contribution in [3.05, 3.63) is 0 Å². The zero-order chi connectivity index (χ0) is 30.1. The molecule has 39 heavy (non-hydrogen) atoms. The van der Waals surface area contributed by atoms with Crippen LogP contribution in [0.4, 0.5) is 0 Å². The Morgan fingerprint density at radius 1 is 0.462 bits per heavy atom. The summed E-state index contributed by atoms with van der Waals surface area (Å²) in [6.07, 6.45) is -3.36. The Bertz CT molecular complexity index is 925. The molecule has 0 bridgehead atoms. The van der Waals surface area contributed by atoms with Crippen LogP contribution in [0.25, 0.3) is 0 Å². The summed E-state index contributed by atoms with van der Waals surface area (Å²) in [5, 5.41) is 47.5. The maximum Gasteiger partial charge on any atom is 0.303 e. The number of likely N-dealkylation sites (N-methyl/N-ethyl adjacent to an activating group) is 2. The van der Waals surface area contributed by atoms with Crippen LogP contribution < -0.4 is 26.6 Å². The first-order valence-electron chi connectivity index (χ1n) is 11.9. The number of amides is 4. The highest BCUT2D eigenvalue weighted by Gasteiger charge is 2.31. The van der Waals surface area contributed by atoms with E-state index in [1.54, 1.807) is 0 Å². The van der Waals surface area contributed by atoms with Crippen LogP contribution in [0.2, 0.25) is 0 Å². The van der Waals surface area contributed by atoms with Gasteiger partial charge in [-0.15, -0.1) is 0 Å². The molecule has 0 aromatic carbocycles. The number of hydrogen-bond acceptors (Lipinski definition) is 9. The molecule has 0 aliphatic heterocycles. The molecule has 0 radical (unpaired) electrons. The van der Waals surface area contributed by atoms with Gasteiger partial charge in [-0.05, 0) is 32.7 Å². The first kappa shape index (κ1) is 34.7. The normalized spacial score (nSPS) is 13.6. The Hall–Kier alpha value is -4.28. The Balaban J connectivity index is 5.80. The van der Waals surface area contributed by atoms with E-state index in [9.17, 15) is 38.4 Å². The van der Waals surface area contributed by atoms with Crippen LogP contribution in [0, 0.1) is 0 Å². The highest BCUT2D eigenvalue weighted by molar-refractivity contribution is 5.95. The second-order valence-corrected chi connectivity index (χ2v) is 8.37. The van der Waals surface area contributed by atoms with Crippen LogP contribution in [0.3, 0.4) is 0 Å².